The first-order chi connectivity index (χ1) is 3.83. The fraction of sp³-hybridized carbons (Fsp3) is 0.600. The molecule has 52 valence electrons. The average molecular weight is 239 g/mol. The Morgan fingerprint density at radius 1 is 1.67 bits per heavy atom. The second-order valence-electron chi connectivity index (χ2n) is 1.77. The number of nitrogens with zero attached hydrogens (tertiary/aromatic N) is 3. The summed E-state index contributed by atoms with van der Waals surface area (Å²) in [6, 6.07) is 0. The molecule has 1 aromatic heterocycles. The molecule has 0 aliphatic rings. The van der Waals surface area contributed by atoms with Gasteiger partial charge in [0, 0.05) is 5.10 Å². The van der Waals surface area contributed by atoms with Crippen LogP contribution in [0.2, 0.25) is 0 Å². The van der Waals surface area contributed by atoms with Crippen LogP contribution in [0.15, 0.2) is 12.7 Å². The van der Waals surface area contributed by atoms with Gasteiger partial charge in [0.05, 0.1) is 7.05 Å². The van der Waals surface area contributed by atoms with Crippen LogP contribution >= 0.6 is 0 Å². The van der Waals surface area contributed by atoms with Crippen molar-refractivity contribution < 1.29 is 28.5 Å². The van der Waals surface area contributed by atoms with Crippen molar-refractivity contribution in [3.8, 4) is 0 Å². The van der Waals surface area contributed by atoms with Crippen molar-refractivity contribution in [3.63, 3.8) is 0 Å². The van der Waals surface area contributed by atoms with Crippen LogP contribution in [0.3, 0.4) is 0 Å². The lowest BCUT2D eigenvalue weighted by Gasteiger charge is -1.77. The quantitative estimate of drug-likeness (QED) is 0.372. The van der Waals surface area contributed by atoms with Crippen LogP contribution in [-0.4, -0.2) is 9.78 Å². The molecule has 0 amide bonds. The third-order valence-corrected chi connectivity index (χ3v) is 1.02. The Hall–Kier alpha value is -0.130. The highest BCUT2D eigenvalue weighted by Gasteiger charge is 1.95. The molecule has 4 heteroatoms. The van der Waals surface area contributed by atoms with E-state index in [1.165, 1.54) is 0 Å². The summed E-state index contributed by atoms with van der Waals surface area (Å²) < 4.78 is 3.80. The van der Waals surface area contributed by atoms with Gasteiger partial charge in [0.1, 0.15) is 6.54 Å². The molecule has 0 saturated carbocycles. The van der Waals surface area contributed by atoms with Gasteiger partial charge in [-0.05, 0) is 6.92 Å². The van der Waals surface area contributed by atoms with Gasteiger partial charge in [-0.2, -0.15) is 0 Å². The van der Waals surface area contributed by atoms with Crippen molar-refractivity contribution in [2.24, 2.45) is 7.05 Å². The maximum Gasteiger partial charge on any atom is 0.264 e. The Bertz CT molecular complexity index is 172. The molecule has 0 aliphatic carbocycles. The van der Waals surface area contributed by atoms with Gasteiger partial charge >= 0.3 is 0 Å². The van der Waals surface area contributed by atoms with Gasteiger partial charge in [0.25, 0.3) is 6.33 Å². The van der Waals surface area contributed by atoms with Gasteiger partial charge in [-0.25, -0.2) is 4.57 Å². The first-order valence-electron chi connectivity index (χ1n) is 2.70. The molecule has 9 heavy (non-hydrogen) atoms. The van der Waals surface area contributed by atoms with Crippen molar-refractivity contribution >= 4 is 0 Å². The number of aryl methyl sites for hydroxylation is 2. The third kappa shape index (κ3) is 2.30. The van der Waals surface area contributed by atoms with E-state index in [1.807, 2.05) is 22.6 Å². The molecule has 0 saturated heterocycles. The van der Waals surface area contributed by atoms with E-state index in [0.717, 1.165) is 6.54 Å². The SMILES string of the molecule is CCn1c[n+](C)cn1.[I-]. The summed E-state index contributed by atoms with van der Waals surface area (Å²) in [4.78, 5) is 0. The monoisotopic (exact) mass is 239 g/mol. The smallest absolute Gasteiger partial charge is 0.264 e. The molecule has 0 radical (unpaired) electrons. The van der Waals surface area contributed by atoms with Gasteiger partial charge < -0.3 is 24.0 Å². The number of aromatic nitrogens is 3. The summed E-state index contributed by atoms with van der Waals surface area (Å²) in [7, 11) is 1.96. The lowest BCUT2D eigenvalue weighted by Crippen LogP contribution is -3.00. The van der Waals surface area contributed by atoms with Crippen molar-refractivity contribution in [3.05, 3.63) is 12.7 Å². The predicted molar refractivity (Wildman–Crippen MR) is 29.1 cm³/mol. The molecule has 1 aromatic rings. The maximum absolute atomic E-state index is 4.01. The van der Waals surface area contributed by atoms with E-state index in [-0.39, 0.29) is 24.0 Å². The lowest BCUT2D eigenvalue weighted by atomic mass is 10.8. The molecule has 0 fully saturated rings. The minimum atomic E-state index is 0. The van der Waals surface area contributed by atoms with E-state index < -0.39 is 0 Å². The topological polar surface area (TPSA) is 21.7 Å². The fourth-order valence-corrected chi connectivity index (χ4v) is 0.581. The standard InChI is InChI=1S/C5H10N3.HI/c1-3-8-5-7(2)4-6-8;/h4-5H,3H2,1-2H3;1H/q+1;/p-1. The highest BCUT2D eigenvalue weighted by molar-refractivity contribution is 4.40. The van der Waals surface area contributed by atoms with Crippen molar-refractivity contribution in [1.29, 1.82) is 0 Å². The summed E-state index contributed by atoms with van der Waals surface area (Å²) in [5.41, 5.74) is 0. The van der Waals surface area contributed by atoms with Crippen molar-refractivity contribution in [2.45, 2.75) is 13.5 Å². The zero-order valence-electron chi connectivity index (χ0n) is 5.58. The molecule has 0 spiro atoms. The fourth-order valence-electron chi connectivity index (χ4n) is 0.581. The molecular formula is C5H10IN3. The number of hydrogen-bond acceptors (Lipinski definition) is 1. The van der Waals surface area contributed by atoms with Crippen LogP contribution in [0.5, 0.6) is 0 Å². The van der Waals surface area contributed by atoms with Crippen LogP contribution in [0.1, 0.15) is 6.92 Å². The van der Waals surface area contributed by atoms with E-state index >= 15 is 0 Å². The van der Waals surface area contributed by atoms with E-state index in [1.54, 1.807) is 6.33 Å². The average Bonchev–Trinajstić information content (AvgIpc) is 2.14. The number of rotatable bonds is 1. The second kappa shape index (κ2) is 3.81. The minimum absolute atomic E-state index is 0. The Morgan fingerprint density at radius 3 is 2.56 bits per heavy atom. The normalized spacial score (nSPS) is 8.67. The first-order valence-corrected chi connectivity index (χ1v) is 2.70. The summed E-state index contributed by atoms with van der Waals surface area (Å²) >= 11 is 0. The molecule has 0 unspecified atom stereocenters. The molecule has 0 atom stereocenters. The molecule has 0 aromatic carbocycles. The zero-order chi connectivity index (χ0) is 5.98. The Labute approximate surface area is 71.7 Å². The van der Waals surface area contributed by atoms with Crippen LogP contribution in [0.25, 0.3) is 0 Å². The van der Waals surface area contributed by atoms with Crippen LogP contribution in [0, 0.1) is 0 Å². The number of halogens is 1. The summed E-state index contributed by atoms with van der Waals surface area (Å²) in [6.45, 7) is 3.01. The number of hydrogen-bond donors (Lipinski definition) is 0. The highest BCUT2D eigenvalue weighted by atomic mass is 127. The predicted octanol–water partition coefficient (Wildman–Crippen LogP) is -3.27. The van der Waals surface area contributed by atoms with Gasteiger partial charge in [-0.3, -0.25) is 0 Å². The highest BCUT2D eigenvalue weighted by Crippen LogP contribution is 1.72. The van der Waals surface area contributed by atoms with Crippen LogP contribution < -0.4 is 28.5 Å². The van der Waals surface area contributed by atoms with Gasteiger partial charge in [-0.1, -0.05) is 0 Å². The molecule has 0 bridgehead atoms. The van der Waals surface area contributed by atoms with Crippen molar-refractivity contribution in [2.75, 3.05) is 0 Å². The first kappa shape index (κ1) is 8.87. The lowest BCUT2D eigenvalue weighted by molar-refractivity contribution is -0.672. The van der Waals surface area contributed by atoms with E-state index in [0.29, 0.717) is 0 Å². The molecule has 0 N–H and O–H groups in total. The summed E-state index contributed by atoms with van der Waals surface area (Å²) in [5.74, 6) is 0. The Morgan fingerprint density at radius 2 is 2.33 bits per heavy atom. The van der Waals surface area contributed by atoms with E-state index in [2.05, 4.69) is 12.0 Å². The van der Waals surface area contributed by atoms with Crippen LogP contribution in [0.4, 0.5) is 0 Å². The van der Waals surface area contributed by atoms with Gasteiger partial charge in [0.15, 0.2) is 0 Å². The second-order valence-corrected chi connectivity index (χ2v) is 1.77. The molecule has 3 nitrogen and oxygen atoms in total. The third-order valence-electron chi connectivity index (χ3n) is 1.02. The largest absolute Gasteiger partial charge is 1.00 e. The molecular weight excluding hydrogens is 229 g/mol. The summed E-state index contributed by atoms with van der Waals surface area (Å²) in [6.07, 6.45) is 3.73. The maximum atomic E-state index is 4.01. The van der Waals surface area contributed by atoms with Crippen molar-refractivity contribution in [1.82, 2.24) is 9.78 Å². The molecule has 1 heterocycles. The minimum Gasteiger partial charge on any atom is -1.00 e. The summed E-state index contributed by atoms with van der Waals surface area (Å²) in [5, 5.41) is 4.01. The van der Waals surface area contributed by atoms with Gasteiger partial charge in [0.2, 0.25) is 6.33 Å². The Kier molecular flexibility index (Phi) is 3.76. The van der Waals surface area contributed by atoms with E-state index in [4.69, 9.17) is 0 Å². The van der Waals surface area contributed by atoms with Crippen LogP contribution in [-0.2, 0) is 13.6 Å². The van der Waals surface area contributed by atoms with E-state index in [9.17, 15) is 0 Å². The molecule has 1 rings (SSSR count). The Balaban J connectivity index is 0.000000640. The molecule has 0 aliphatic heterocycles. The van der Waals surface area contributed by atoms with Gasteiger partial charge in [-0.15, -0.1) is 4.68 Å². The zero-order valence-corrected chi connectivity index (χ0v) is 7.74.